The number of aromatic nitrogens is 1. The van der Waals surface area contributed by atoms with Crippen LogP contribution >= 0.6 is 0 Å². The number of hydrogen-bond donors (Lipinski definition) is 1. The molecule has 0 radical (unpaired) electrons. The van der Waals surface area contributed by atoms with Crippen LogP contribution in [0.4, 0.5) is 0 Å². The van der Waals surface area contributed by atoms with Gasteiger partial charge in [0.2, 0.25) is 0 Å². The fourth-order valence-corrected chi connectivity index (χ4v) is 1.69. The Morgan fingerprint density at radius 1 is 1.27 bits per heavy atom. The van der Waals surface area contributed by atoms with Gasteiger partial charge in [-0.2, -0.15) is 0 Å². The summed E-state index contributed by atoms with van der Waals surface area (Å²) in [6, 6.07) is 10.8. The van der Waals surface area contributed by atoms with E-state index in [2.05, 4.69) is 28.6 Å². The molecule has 0 saturated carbocycles. The summed E-state index contributed by atoms with van der Waals surface area (Å²) in [6.45, 7) is 1.41. The van der Waals surface area contributed by atoms with Gasteiger partial charge >= 0.3 is 6.02 Å². The lowest BCUT2D eigenvalue weighted by Gasteiger charge is -2.07. The van der Waals surface area contributed by atoms with Gasteiger partial charge in [0.05, 0.1) is 12.1 Å². The van der Waals surface area contributed by atoms with Crippen molar-refractivity contribution in [3.8, 4) is 0 Å². The van der Waals surface area contributed by atoms with Crippen molar-refractivity contribution < 1.29 is 4.74 Å². The molecular weight excluding hydrogens is 190 g/mol. The Balaban J connectivity index is 1.97. The molecule has 76 valence electrons. The lowest BCUT2D eigenvalue weighted by atomic mass is 10.3. The highest BCUT2D eigenvalue weighted by Gasteiger charge is 2.07. The number of nitrogens with zero attached hydrogens (tertiary/aromatic N) is 2. The standard InChI is InChI=1S/C11H11N3O/c1-2-4-10-9(3-1)5-7-14(10)13-11-12-6-8-15-11/h1-5,7H,6,8H2,(H,12,13). The number of ether oxygens (including phenoxy) is 1. The van der Waals surface area contributed by atoms with Crippen molar-refractivity contribution in [2.75, 3.05) is 18.6 Å². The van der Waals surface area contributed by atoms with Crippen LogP contribution in [-0.2, 0) is 4.74 Å². The topological polar surface area (TPSA) is 38.5 Å². The molecular formula is C11H11N3O. The second-order valence-electron chi connectivity index (χ2n) is 3.39. The Labute approximate surface area is 87.2 Å². The van der Waals surface area contributed by atoms with Crippen LogP contribution in [0, 0.1) is 0 Å². The minimum Gasteiger partial charge on any atom is -0.462 e. The molecule has 0 saturated heterocycles. The summed E-state index contributed by atoms with van der Waals surface area (Å²) in [5.41, 5.74) is 4.23. The zero-order valence-corrected chi connectivity index (χ0v) is 8.18. The van der Waals surface area contributed by atoms with Crippen LogP contribution in [0.1, 0.15) is 0 Å². The number of aliphatic imine (C=N–C) groups is 1. The number of nitrogens with one attached hydrogen (secondary N) is 1. The molecule has 0 fully saturated rings. The second-order valence-corrected chi connectivity index (χ2v) is 3.39. The molecule has 15 heavy (non-hydrogen) atoms. The third kappa shape index (κ3) is 1.44. The molecule has 1 aromatic carbocycles. The Morgan fingerprint density at radius 3 is 3.07 bits per heavy atom. The van der Waals surface area contributed by atoms with Crippen molar-refractivity contribution in [3.05, 3.63) is 36.5 Å². The molecule has 1 aromatic heterocycles. The number of rotatable bonds is 1. The molecule has 2 aromatic rings. The van der Waals surface area contributed by atoms with E-state index in [4.69, 9.17) is 4.74 Å². The largest absolute Gasteiger partial charge is 0.462 e. The molecule has 1 aliphatic heterocycles. The minimum absolute atomic E-state index is 0.594. The summed E-state index contributed by atoms with van der Waals surface area (Å²) in [4.78, 5) is 4.18. The monoisotopic (exact) mass is 201 g/mol. The van der Waals surface area contributed by atoms with Gasteiger partial charge in [-0.15, -0.1) is 0 Å². The van der Waals surface area contributed by atoms with Gasteiger partial charge in [-0.3, -0.25) is 4.68 Å². The first-order valence-electron chi connectivity index (χ1n) is 4.94. The van der Waals surface area contributed by atoms with Crippen LogP contribution in [0.3, 0.4) is 0 Å². The molecule has 4 heteroatoms. The SMILES string of the molecule is c1ccc2c(c1)ccn2NC1=NCCO1. The van der Waals surface area contributed by atoms with Gasteiger partial charge in [0.1, 0.15) is 6.61 Å². The molecule has 3 rings (SSSR count). The summed E-state index contributed by atoms with van der Waals surface area (Å²) in [5, 5.41) is 1.20. The molecule has 1 aliphatic rings. The highest BCUT2D eigenvalue weighted by molar-refractivity contribution is 5.87. The summed E-state index contributed by atoms with van der Waals surface area (Å²) in [6.07, 6.45) is 1.97. The maximum Gasteiger partial charge on any atom is 0.304 e. The smallest absolute Gasteiger partial charge is 0.304 e. The lowest BCUT2D eigenvalue weighted by Crippen LogP contribution is -2.21. The molecule has 2 heterocycles. The highest BCUT2D eigenvalue weighted by atomic mass is 16.5. The number of fused-ring (bicyclic) bond motifs is 1. The third-order valence-electron chi connectivity index (χ3n) is 2.40. The first-order chi connectivity index (χ1) is 7.43. The Bertz CT molecular complexity index is 515. The fourth-order valence-electron chi connectivity index (χ4n) is 1.69. The van der Waals surface area contributed by atoms with Crippen LogP contribution in [0.2, 0.25) is 0 Å². The Morgan fingerprint density at radius 2 is 2.20 bits per heavy atom. The van der Waals surface area contributed by atoms with E-state index < -0.39 is 0 Å². The van der Waals surface area contributed by atoms with Gasteiger partial charge < -0.3 is 4.74 Å². The van der Waals surface area contributed by atoms with Gasteiger partial charge in [-0.1, -0.05) is 18.2 Å². The summed E-state index contributed by atoms with van der Waals surface area (Å²) < 4.78 is 7.21. The van der Waals surface area contributed by atoms with Crippen molar-refractivity contribution >= 4 is 16.9 Å². The molecule has 0 amide bonds. The van der Waals surface area contributed by atoms with E-state index in [0.717, 1.165) is 12.1 Å². The van der Waals surface area contributed by atoms with E-state index in [1.807, 2.05) is 23.0 Å². The normalized spacial score (nSPS) is 15.1. The quantitative estimate of drug-likeness (QED) is 0.760. The molecule has 0 bridgehead atoms. The van der Waals surface area contributed by atoms with E-state index in [0.29, 0.717) is 12.6 Å². The maximum absolute atomic E-state index is 5.29. The molecule has 1 N–H and O–H groups in total. The van der Waals surface area contributed by atoms with Crippen molar-refractivity contribution in [2.45, 2.75) is 0 Å². The third-order valence-corrected chi connectivity index (χ3v) is 2.40. The van der Waals surface area contributed by atoms with E-state index >= 15 is 0 Å². The average Bonchev–Trinajstić information content (AvgIpc) is 2.89. The summed E-state index contributed by atoms with van der Waals surface area (Å²) in [7, 11) is 0. The van der Waals surface area contributed by atoms with Crippen molar-refractivity contribution in [1.29, 1.82) is 0 Å². The summed E-state index contributed by atoms with van der Waals surface area (Å²) in [5.74, 6) is 0. The maximum atomic E-state index is 5.29. The van der Waals surface area contributed by atoms with Gasteiger partial charge in [0.15, 0.2) is 0 Å². The van der Waals surface area contributed by atoms with Gasteiger partial charge in [0, 0.05) is 11.6 Å². The predicted octanol–water partition coefficient (Wildman–Crippen LogP) is 1.57. The molecule has 4 nitrogen and oxygen atoms in total. The van der Waals surface area contributed by atoms with Gasteiger partial charge in [-0.05, 0) is 12.1 Å². The van der Waals surface area contributed by atoms with E-state index in [1.54, 1.807) is 0 Å². The van der Waals surface area contributed by atoms with Crippen LogP contribution in [-0.4, -0.2) is 23.8 Å². The summed E-state index contributed by atoms with van der Waals surface area (Å²) >= 11 is 0. The van der Waals surface area contributed by atoms with Gasteiger partial charge in [0.25, 0.3) is 0 Å². The minimum atomic E-state index is 0.594. The molecule has 0 aliphatic carbocycles. The zero-order chi connectivity index (χ0) is 10.1. The fraction of sp³-hybridized carbons (Fsp3) is 0.182. The van der Waals surface area contributed by atoms with Crippen molar-refractivity contribution in [2.24, 2.45) is 4.99 Å². The van der Waals surface area contributed by atoms with Crippen molar-refractivity contribution in [3.63, 3.8) is 0 Å². The average molecular weight is 201 g/mol. The number of amidine groups is 1. The molecule has 0 unspecified atom stereocenters. The first-order valence-corrected chi connectivity index (χ1v) is 4.94. The van der Waals surface area contributed by atoms with E-state index in [1.165, 1.54) is 5.39 Å². The van der Waals surface area contributed by atoms with E-state index in [9.17, 15) is 0 Å². The van der Waals surface area contributed by atoms with Crippen LogP contribution < -0.4 is 5.43 Å². The van der Waals surface area contributed by atoms with Crippen LogP contribution in [0.15, 0.2) is 41.5 Å². The number of hydrogen-bond acceptors (Lipinski definition) is 3. The highest BCUT2D eigenvalue weighted by Crippen LogP contribution is 2.13. The van der Waals surface area contributed by atoms with Gasteiger partial charge in [-0.25, -0.2) is 10.4 Å². The second kappa shape index (κ2) is 3.31. The zero-order valence-electron chi connectivity index (χ0n) is 8.18. The molecule has 0 atom stereocenters. The Kier molecular flexibility index (Phi) is 1.84. The first kappa shape index (κ1) is 8.35. The number of benzene rings is 1. The van der Waals surface area contributed by atoms with Crippen LogP contribution in [0.5, 0.6) is 0 Å². The lowest BCUT2D eigenvalue weighted by molar-refractivity contribution is 0.343. The van der Waals surface area contributed by atoms with Crippen molar-refractivity contribution in [1.82, 2.24) is 4.68 Å². The predicted molar refractivity (Wildman–Crippen MR) is 59.6 cm³/mol. The van der Waals surface area contributed by atoms with E-state index in [-0.39, 0.29) is 0 Å². The Hall–Kier alpha value is -1.97. The molecule has 0 spiro atoms. The number of para-hydroxylation sites is 1. The van der Waals surface area contributed by atoms with Crippen LogP contribution in [0.25, 0.3) is 10.9 Å².